The van der Waals surface area contributed by atoms with Crippen molar-refractivity contribution in [1.29, 1.82) is 0 Å². The molecular formula is C26H31N3O2. The molecule has 31 heavy (non-hydrogen) atoms. The Morgan fingerprint density at radius 1 is 1.10 bits per heavy atom. The van der Waals surface area contributed by atoms with Crippen LogP contribution >= 0.6 is 0 Å². The Morgan fingerprint density at radius 3 is 2.65 bits per heavy atom. The number of hydrogen-bond acceptors (Lipinski definition) is 3. The van der Waals surface area contributed by atoms with Crippen molar-refractivity contribution < 1.29 is 9.53 Å². The zero-order chi connectivity index (χ0) is 21.2. The number of methoxy groups -OCH3 is 1. The third kappa shape index (κ3) is 4.07. The van der Waals surface area contributed by atoms with Crippen LogP contribution in [-0.4, -0.2) is 42.0 Å². The molecule has 1 aliphatic heterocycles. The van der Waals surface area contributed by atoms with E-state index in [1.165, 1.54) is 47.0 Å². The molecule has 1 fully saturated rings. The van der Waals surface area contributed by atoms with Gasteiger partial charge in [-0.25, -0.2) is 0 Å². The van der Waals surface area contributed by atoms with Gasteiger partial charge in [0.25, 0.3) is 0 Å². The van der Waals surface area contributed by atoms with Gasteiger partial charge in [0.1, 0.15) is 5.75 Å². The summed E-state index contributed by atoms with van der Waals surface area (Å²) in [7, 11) is 1.69. The fourth-order valence-corrected chi connectivity index (χ4v) is 5.33. The first-order valence-electron chi connectivity index (χ1n) is 11.5. The number of fused-ring (bicyclic) bond motifs is 3. The van der Waals surface area contributed by atoms with Crippen LogP contribution in [0.2, 0.25) is 0 Å². The van der Waals surface area contributed by atoms with Crippen molar-refractivity contribution in [3.8, 4) is 5.75 Å². The summed E-state index contributed by atoms with van der Waals surface area (Å²) in [5.41, 5.74) is 4.93. The van der Waals surface area contributed by atoms with Crippen molar-refractivity contribution >= 4 is 16.8 Å². The molecule has 1 atom stereocenters. The minimum absolute atomic E-state index is 0.0270. The lowest BCUT2D eigenvalue weighted by Crippen LogP contribution is -2.46. The summed E-state index contributed by atoms with van der Waals surface area (Å²) in [6.45, 7) is 1.28. The van der Waals surface area contributed by atoms with E-state index in [-0.39, 0.29) is 11.9 Å². The largest absolute Gasteiger partial charge is 0.497 e. The molecule has 2 N–H and O–H groups in total. The van der Waals surface area contributed by atoms with Crippen LogP contribution in [0.15, 0.2) is 48.5 Å². The fraction of sp³-hybridized carbons (Fsp3) is 0.423. The lowest BCUT2D eigenvalue weighted by molar-refractivity contribution is -0.123. The number of aromatic amines is 1. The number of carbonyl (C=O) groups is 1. The third-order valence-electron chi connectivity index (χ3n) is 6.88. The van der Waals surface area contributed by atoms with Crippen molar-refractivity contribution in [3.63, 3.8) is 0 Å². The van der Waals surface area contributed by atoms with Crippen molar-refractivity contribution in [2.45, 2.75) is 50.6 Å². The summed E-state index contributed by atoms with van der Waals surface area (Å²) in [6, 6.07) is 17.1. The van der Waals surface area contributed by atoms with Gasteiger partial charge >= 0.3 is 0 Å². The SMILES string of the molecule is COc1ccc(C2c3[nH]c4ccccc4c3CCN2CC(=O)NC2CCCCC2)cc1. The Bertz CT molecular complexity index is 1050. The number of para-hydroxylation sites is 1. The minimum atomic E-state index is 0.0270. The lowest BCUT2D eigenvalue weighted by atomic mass is 9.92. The molecule has 0 bridgehead atoms. The summed E-state index contributed by atoms with van der Waals surface area (Å²) in [6.07, 6.45) is 6.91. The van der Waals surface area contributed by atoms with Crippen LogP contribution in [0, 0.1) is 0 Å². The molecule has 3 aromatic rings. The van der Waals surface area contributed by atoms with Crippen LogP contribution in [0.5, 0.6) is 5.75 Å². The second kappa shape index (κ2) is 8.75. The summed E-state index contributed by atoms with van der Waals surface area (Å²) < 4.78 is 5.36. The van der Waals surface area contributed by atoms with E-state index in [2.05, 4.69) is 51.6 Å². The standard InChI is InChI=1S/C26H31N3O2/c1-31-20-13-11-18(12-14-20)26-25-22(21-9-5-6-10-23(21)28-25)15-16-29(26)17-24(30)27-19-7-3-2-4-8-19/h5-6,9-14,19,26,28H,2-4,7-8,15-17H2,1H3,(H,27,30). The molecule has 5 heteroatoms. The number of amides is 1. The van der Waals surface area contributed by atoms with E-state index in [0.717, 1.165) is 31.6 Å². The van der Waals surface area contributed by atoms with E-state index < -0.39 is 0 Å². The van der Waals surface area contributed by atoms with Gasteiger partial charge in [-0.1, -0.05) is 49.6 Å². The Hall–Kier alpha value is -2.79. The fourth-order valence-electron chi connectivity index (χ4n) is 5.33. The predicted molar refractivity (Wildman–Crippen MR) is 123 cm³/mol. The van der Waals surface area contributed by atoms with Gasteiger partial charge in [-0.2, -0.15) is 0 Å². The maximum Gasteiger partial charge on any atom is 0.234 e. The number of nitrogens with one attached hydrogen (secondary N) is 2. The number of aromatic nitrogens is 1. The highest BCUT2D eigenvalue weighted by Crippen LogP contribution is 2.38. The average Bonchev–Trinajstić information content (AvgIpc) is 3.18. The highest BCUT2D eigenvalue weighted by Gasteiger charge is 2.33. The topological polar surface area (TPSA) is 57.4 Å². The smallest absolute Gasteiger partial charge is 0.234 e. The van der Waals surface area contributed by atoms with Gasteiger partial charge in [-0.05, 0) is 48.6 Å². The van der Waals surface area contributed by atoms with Gasteiger partial charge in [-0.15, -0.1) is 0 Å². The second-order valence-electron chi connectivity index (χ2n) is 8.86. The Kier molecular flexibility index (Phi) is 5.68. The van der Waals surface area contributed by atoms with Crippen molar-refractivity contribution in [2.75, 3.05) is 20.2 Å². The van der Waals surface area contributed by atoms with E-state index in [4.69, 9.17) is 4.74 Å². The molecule has 1 aromatic heterocycles. The molecule has 1 amide bonds. The number of benzene rings is 2. The summed E-state index contributed by atoms with van der Waals surface area (Å²) in [4.78, 5) is 18.9. The molecule has 2 aliphatic rings. The number of hydrogen-bond donors (Lipinski definition) is 2. The molecule has 0 radical (unpaired) electrons. The van der Waals surface area contributed by atoms with Crippen molar-refractivity contribution in [2.24, 2.45) is 0 Å². The predicted octanol–water partition coefficient (Wildman–Crippen LogP) is 4.57. The van der Waals surface area contributed by atoms with Gasteiger partial charge < -0.3 is 15.0 Å². The van der Waals surface area contributed by atoms with Gasteiger partial charge in [-0.3, -0.25) is 9.69 Å². The van der Waals surface area contributed by atoms with Crippen LogP contribution in [-0.2, 0) is 11.2 Å². The Balaban J connectivity index is 1.45. The monoisotopic (exact) mass is 417 g/mol. The van der Waals surface area contributed by atoms with Gasteiger partial charge in [0.2, 0.25) is 5.91 Å². The number of ether oxygens (including phenoxy) is 1. The molecule has 1 saturated carbocycles. The van der Waals surface area contributed by atoms with Gasteiger partial charge in [0, 0.05) is 29.2 Å². The first kappa shape index (κ1) is 20.1. The maximum atomic E-state index is 13.0. The molecule has 5 rings (SSSR count). The van der Waals surface area contributed by atoms with Crippen LogP contribution in [0.3, 0.4) is 0 Å². The normalized spacial score (nSPS) is 19.8. The number of nitrogens with zero attached hydrogens (tertiary/aromatic N) is 1. The van der Waals surface area contributed by atoms with Crippen LogP contribution in [0.1, 0.15) is 55.0 Å². The quantitative estimate of drug-likeness (QED) is 0.639. The highest BCUT2D eigenvalue weighted by molar-refractivity contribution is 5.85. The summed E-state index contributed by atoms with van der Waals surface area (Å²) >= 11 is 0. The van der Waals surface area contributed by atoms with Crippen molar-refractivity contribution in [3.05, 3.63) is 65.4 Å². The Morgan fingerprint density at radius 2 is 1.87 bits per heavy atom. The van der Waals surface area contributed by atoms with Crippen LogP contribution < -0.4 is 10.1 Å². The molecule has 1 unspecified atom stereocenters. The van der Waals surface area contributed by atoms with Crippen molar-refractivity contribution in [1.82, 2.24) is 15.2 Å². The highest BCUT2D eigenvalue weighted by atomic mass is 16.5. The maximum absolute atomic E-state index is 13.0. The molecule has 0 spiro atoms. The first-order chi connectivity index (χ1) is 15.2. The van der Waals surface area contributed by atoms with Crippen LogP contribution in [0.25, 0.3) is 10.9 Å². The number of H-pyrrole nitrogens is 1. The first-order valence-corrected chi connectivity index (χ1v) is 11.5. The molecule has 0 saturated heterocycles. The molecule has 2 aromatic carbocycles. The average molecular weight is 418 g/mol. The Labute approximate surface area is 183 Å². The van der Waals surface area contributed by atoms with Gasteiger partial charge in [0.15, 0.2) is 0 Å². The van der Waals surface area contributed by atoms with E-state index >= 15 is 0 Å². The molecule has 5 nitrogen and oxygen atoms in total. The van der Waals surface area contributed by atoms with Crippen LogP contribution in [0.4, 0.5) is 0 Å². The second-order valence-corrected chi connectivity index (χ2v) is 8.86. The molecule has 1 aliphatic carbocycles. The lowest BCUT2D eigenvalue weighted by Gasteiger charge is -2.36. The number of carbonyl (C=O) groups excluding carboxylic acids is 1. The van der Waals surface area contributed by atoms with E-state index in [1.807, 2.05) is 12.1 Å². The molecule has 2 heterocycles. The van der Waals surface area contributed by atoms with E-state index in [9.17, 15) is 4.79 Å². The van der Waals surface area contributed by atoms with E-state index in [1.54, 1.807) is 7.11 Å². The molecular weight excluding hydrogens is 386 g/mol. The summed E-state index contributed by atoms with van der Waals surface area (Å²) in [5, 5.41) is 4.59. The zero-order valence-electron chi connectivity index (χ0n) is 18.2. The number of rotatable bonds is 5. The minimum Gasteiger partial charge on any atom is -0.497 e. The van der Waals surface area contributed by atoms with E-state index in [0.29, 0.717) is 12.6 Å². The summed E-state index contributed by atoms with van der Waals surface area (Å²) in [5.74, 6) is 0.989. The zero-order valence-corrected chi connectivity index (χ0v) is 18.2. The molecule has 162 valence electrons. The van der Waals surface area contributed by atoms with Gasteiger partial charge in [0.05, 0.1) is 19.7 Å². The third-order valence-corrected chi connectivity index (χ3v) is 6.88.